The van der Waals surface area contributed by atoms with Crippen molar-refractivity contribution in [3.05, 3.63) is 41.9 Å². The van der Waals surface area contributed by atoms with Gasteiger partial charge in [-0.3, -0.25) is 4.72 Å². The quantitative estimate of drug-likeness (QED) is 0.677. The number of hydrogen-bond donors (Lipinski definition) is 2. The highest BCUT2D eigenvalue weighted by Gasteiger charge is 2.22. The van der Waals surface area contributed by atoms with Crippen molar-refractivity contribution >= 4 is 32.6 Å². The number of sulfonamides is 1. The van der Waals surface area contributed by atoms with E-state index >= 15 is 0 Å². The lowest BCUT2D eigenvalue weighted by atomic mass is 10.2. The van der Waals surface area contributed by atoms with Crippen molar-refractivity contribution in [2.45, 2.75) is 19.0 Å². The van der Waals surface area contributed by atoms with Crippen molar-refractivity contribution < 1.29 is 17.9 Å². The Bertz CT molecular complexity index is 1050. The largest absolute Gasteiger partial charge is 0.461 e. The highest BCUT2D eigenvalue weighted by molar-refractivity contribution is 7.92. The van der Waals surface area contributed by atoms with Crippen LogP contribution in [-0.4, -0.2) is 35.5 Å². The number of fused-ring (bicyclic) bond motifs is 1. The van der Waals surface area contributed by atoms with E-state index in [1.165, 1.54) is 4.57 Å². The van der Waals surface area contributed by atoms with Crippen LogP contribution in [0.25, 0.3) is 10.9 Å². The molecule has 2 heterocycles. The zero-order valence-electron chi connectivity index (χ0n) is 14.0. The number of imidazole rings is 1. The fourth-order valence-electron chi connectivity index (χ4n) is 2.59. The molecule has 25 heavy (non-hydrogen) atoms. The molecule has 0 atom stereocenters. The Hall–Kier alpha value is -2.81. The smallest absolute Gasteiger partial charge is 0.354 e. The Kier molecular flexibility index (Phi) is 4.25. The van der Waals surface area contributed by atoms with E-state index in [4.69, 9.17) is 4.74 Å². The van der Waals surface area contributed by atoms with E-state index < -0.39 is 16.0 Å². The van der Waals surface area contributed by atoms with Crippen LogP contribution in [0.1, 0.15) is 23.1 Å². The maximum absolute atomic E-state index is 12.6. The van der Waals surface area contributed by atoms with Gasteiger partial charge in [-0.15, -0.1) is 0 Å². The van der Waals surface area contributed by atoms with Crippen LogP contribution in [-0.2, 0) is 21.8 Å². The van der Waals surface area contributed by atoms with E-state index in [0.717, 1.165) is 0 Å². The van der Waals surface area contributed by atoms with Crippen LogP contribution >= 0.6 is 0 Å². The zero-order chi connectivity index (χ0) is 18.2. The number of aromatic nitrogens is 3. The van der Waals surface area contributed by atoms with Crippen LogP contribution < -0.4 is 4.72 Å². The van der Waals surface area contributed by atoms with Gasteiger partial charge in [-0.05, 0) is 26.0 Å². The SMILES string of the molecule is CCOC(=O)c1cc2cccc(NS(=O)(=O)c3nc(C)cn3C)c2[nH]1. The summed E-state index contributed by atoms with van der Waals surface area (Å²) in [5.74, 6) is -0.493. The molecule has 0 saturated carbocycles. The second-order valence-electron chi connectivity index (χ2n) is 5.55. The summed E-state index contributed by atoms with van der Waals surface area (Å²) in [6.07, 6.45) is 1.63. The summed E-state index contributed by atoms with van der Waals surface area (Å²) in [6.45, 7) is 3.69. The topological polar surface area (TPSA) is 106 Å². The molecule has 0 bridgehead atoms. The number of rotatable bonds is 5. The Labute approximate surface area is 144 Å². The molecule has 0 unspecified atom stereocenters. The van der Waals surface area contributed by atoms with Crippen LogP contribution in [0.15, 0.2) is 35.6 Å². The lowest BCUT2D eigenvalue weighted by Gasteiger charge is -2.08. The number of carbonyl (C=O) groups is 1. The van der Waals surface area contributed by atoms with Crippen molar-refractivity contribution in [3.8, 4) is 0 Å². The number of aryl methyl sites for hydroxylation is 2. The molecule has 8 nitrogen and oxygen atoms in total. The van der Waals surface area contributed by atoms with Gasteiger partial charge in [-0.2, -0.15) is 8.42 Å². The number of nitrogens with one attached hydrogen (secondary N) is 2. The van der Waals surface area contributed by atoms with Crippen LogP contribution in [0, 0.1) is 6.92 Å². The Morgan fingerprint density at radius 2 is 2.16 bits per heavy atom. The first-order chi connectivity index (χ1) is 11.8. The van der Waals surface area contributed by atoms with Crippen molar-refractivity contribution in [3.63, 3.8) is 0 Å². The number of esters is 1. The number of hydrogen-bond acceptors (Lipinski definition) is 5. The predicted octanol–water partition coefficient (Wildman–Crippen LogP) is 2.19. The van der Waals surface area contributed by atoms with Gasteiger partial charge in [0.25, 0.3) is 10.0 Å². The summed E-state index contributed by atoms with van der Waals surface area (Å²) in [5, 5.41) is 0.610. The van der Waals surface area contributed by atoms with E-state index in [9.17, 15) is 13.2 Å². The molecule has 132 valence electrons. The molecule has 0 amide bonds. The average Bonchev–Trinajstić information content (AvgIpc) is 3.11. The number of ether oxygens (including phenoxy) is 1. The molecule has 9 heteroatoms. The molecule has 0 spiro atoms. The molecule has 2 N–H and O–H groups in total. The van der Waals surface area contributed by atoms with E-state index in [2.05, 4.69) is 14.7 Å². The highest BCUT2D eigenvalue weighted by atomic mass is 32.2. The lowest BCUT2D eigenvalue weighted by molar-refractivity contribution is 0.0520. The summed E-state index contributed by atoms with van der Waals surface area (Å²) in [5.41, 5.74) is 1.69. The number of carbonyl (C=O) groups excluding carboxylic acids is 1. The number of H-pyrrole nitrogens is 1. The van der Waals surface area contributed by atoms with Gasteiger partial charge in [0.05, 0.1) is 23.5 Å². The molecule has 2 aromatic heterocycles. The number of para-hydroxylation sites is 1. The van der Waals surface area contributed by atoms with Crippen LogP contribution in [0.3, 0.4) is 0 Å². The summed E-state index contributed by atoms with van der Waals surface area (Å²) >= 11 is 0. The third-order valence-electron chi connectivity index (χ3n) is 3.59. The third kappa shape index (κ3) is 3.22. The summed E-state index contributed by atoms with van der Waals surface area (Å²) in [7, 11) is -2.26. The third-order valence-corrected chi connectivity index (χ3v) is 4.94. The monoisotopic (exact) mass is 362 g/mol. The molecular weight excluding hydrogens is 344 g/mol. The molecule has 0 fully saturated rings. The van der Waals surface area contributed by atoms with Gasteiger partial charge in [0.2, 0.25) is 5.16 Å². The first-order valence-corrected chi connectivity index (χ1v) is 9.12. The van der Waals surface area contributed by atoms with Crippen molar-refractivity contribution in [1.82, 2.24) is 14.5 Å². The Balaban J connectivity index is 2.01. The van der Waals surface area contributed by atoms with Crippen molar-refractivity contribution in [1.29, 1.82) is 0 Å². The average molecular weight is 362 g/mol. The molecule has 0 aliphatic rings. The molecule has 0 saturated heterocycles. The van der Waals surface area contributed by atoms with Crippen molar-refractivity contribution in [2.75, 3.05) is 11.3 Å². The van der Waals surface area contributed by atoms with Gasteiger partial charge in [-0.1, -0.05) is 12.1 Å². The first-order valence-electron chi connectivity index (χ1n) is 7.63. The molecular formula is C16H18N4O4S. The summed E-state index contributed by atoms with van der Waals surface area (Å²) in [4.78, 5) is 18.8. The molecule has 0 aliphatic heterocycles. The maximum atomic E-state index is 12.6. The van der Waals surface area contributed by atoms with E-state index in [-0.39, 0.29) is 17.5 Å². The summed E-state index contributed by atoms with van der Waals surface area (Å²) in [6, 6.07) is 6.71. The second-order valence-corrected chi connectivity index (χ2v) is 7.13. The minimum atomic E-state index is -3.87. The number of aromatic amines is 1. The standard InChI is InChI=1S/C16H18N4O4S/c1-4-24-15(21)13-8-11-6-5-7-12(14(11)18-13)19-25(22,23)16-17-10(2)9-20(16)3/h5-9,18-19H,4H2,1-3H3. The fourth-order valence-corrected chi connectivity index (χ4v) is 3.84. The van der Waals surface area contributed by atoms with Crippen LogP contribution in [0.5, 0.6) is 0 Å². The minimum Gasteiger partial charge on any atom is -0.461 e. The summed E-state index contributed by atoms with van der Waals surface area (Å²) < 4.78 is 34.2. The molecule has 0 aliphatic carbocycles. The second kappa shape index (κ2) is 6.25. The van der Waals surface area contributed by atoms with Crippen LogP contribution in [0.4, 0.5) is 5.69 Å². The lowest BCUT2D eigenvalue weighted by Crippen LogP contribution is -2.17. The van der Waals surface area contributed by atoms with Gasteiger partial charge >= 0.3 is 5.97 Å². The van der Waals surface area contributed by atoms with Crippen molar-refractivity contribution in [2.24, 2.45) is 7.05 Å². The first kappa shape index (κ1) is 17.0. The number of benzene rings is 1. The van der Waals surface area contributed by atoms with Gasteiger partial charge < -0.3 is 14.3 Å². The minimum absolute atomic E-state index is 0.0841. The molecule has 0 radical (unpaired) electrons. The van der Waals surface area contributed by atoms with Gasteiger partial charge in [-0.25, -0.2) is 9.78 Å². The van der Waals surface area contributed by atoms with E-state index in [1.807, 2.05) is 0 Å². The number of nitrogens with zero attached hydrogens (tertiary/aromatic N) is 2. The van der Waals surface area contributed by atoms with E-state index in [0.29, 0.717) is 22.3 Å². The van der Waals surface area contributed by atoms with Crippen LogP contribution in [0.2, 0.25) is 0 Å². The highest BCUT2D eigenvalue weighted by Crippen LogP contribution is 2.26. The molecule has 3 rings (SSSR count). The normalized spacial score (nSPS) is 11.6. The Morgan fingerprint density at radius 1 is 1.40 bits per heavy atom. The zero-order valence-corrected chi connectivity index (χ0v) is 14.8. The maximum Gasteiger partial charge on any atom is 0.354 e. The van der Waals surface area contributed by atoms with E-state index in [1.54, 1.807) is 51.4 Å². The molecule has 1 aromatic carbocycles. The Morgan fingerprint density at radius 3 is 2.80 bits per heavy atom. The fraction of sp³-hybridized carbons (Fsp3) is 0.250. The predicted molar refractivity (Wildman–Crippen MR) is 93.0 cm³/mol. The van der Waals surface area contributed by atoms with Gasteiger partial charge in [0, 0.05) is 18.6 Å². The van der Waals surface area contributed by atoms with Gasteiger partial charge in [0.15, 0.2) is 0 Å². The molecule has 3 aromatic rings. The van der Waals surface area contributed by atoms with Gasteiger partial charge in [0.1, 0.15) is 5.69 Å². The number of anilines is 1.